The van der Waals surface area contributed by atoms with Crippen LogP contribution >= 0.6 is 0 Å². The molecule has 0 aliphatic carbocycles. The molecule has 0 bridgehead atoms. The summed E-state index contributed by atoms with van der Waals surface area (Å²) in [5, 5.41) is 1.07. The van der Waals surface area contributed by atoms with Crippen LogP contribution in [-0.4, -0.2) is 19.1 Å². The monoisotopic (exact) mass is 264 g/mol. The highest BCUT2D eigenvalue weighted by Crippen LogP contribution is 2.32. The SMILES string of the molecule is CN(C)c1nc2ccccc2cc1Oc1ccccc1. The van der Waals surface area contributed by atoms with Gasteiger partial charge in [0.2, 0.25) is 0 Å². The van der Waals surface area contributed by atoms with Crippen molar-refractivity contribution < 1.29 is 4.74 Å². The van der Waals surface area contributed by atoms with Gasteiger partial charge in [-0.25, -0.2) is 4.98 Å². The highest BCUT2D eigenvalue weighted by molar-refractivity contribution is 5.83. The molecule has 0 aliphatic heterocycles. The number of hydrogen-bond donors (Lipinski definition) is 0. The average Bonchev–Trinajstić information content (AvgIpc) is 2.47. The molecule has 0 amide bonds. The van der Waals surface area contributed by atoms with Gasteiger partial charge in [-0.3, -0.25) is 0 Å². The summed E-state index contributed by atoms with van der Waals surface area (Å²) in [6.07, 6.45) is 0. The second-order valence-corrected chi connectivity index (χ2v) is 4.81. The lowest BCUT2D eigenvalue weighted by Crippen LogP contribution is -2.12. The number of rotatable bonds is 3. The summed E-state index contributed by atoms with van der Waals surface area (Å²) in [5.74, 6) is 2.40. The van der Waals surface area contributed by atoms with E-state index < -0.39 is 0 Å². The number of fused-ring (bicyclic) bond motifs is 1. The molecule has 1 heterocycles. The summed E-state index contributed by atoms with van der Waals surface area (Å²) in [6.45, 7) is 0. The largest absolute Gasteiger partial charge is 0.453 e. The minimum absolute atomic E-state index is 0.764. The molecule has 3 aromatic rings. The molecule has 0 atom stereocenters. The number of pyridine rings is 1. The number of hydrogen-bond acceptors (Lipinski definition) is 3. The molecular formula is C17H16N2O. The van der Waals surface area contributed by atoms with Gasteiger partial charge in [-0.1, -0.05) is 36.4 Å². The van der Waals surface area contributed by atoms with Crippen LogP contribution in [0.1, 0.15) is 0 Å². The molecule has 1 aromatic heterocycles. The van der Waals surface area contributed by atoms with Crippen molar-refractivity contribution in [1.29, 1.82) is 0 Å². The maximum atomic E-state index is 5.97. The van der Waals surface area contributed by atoms with Crippen LogP contribution in [0.5, 0.6) is 11.5 Å². The Bertz CT molecular complexity index is 723. The summed E-state index contributed by atoms with van der Waals surface area (Å²) >= 11 is 0. The van der Waals surface area contributed by atoms with Gasteiger partial charge in [-0.05, 0) is 24.3 Å². The molecule has 0 unspecified atom stereocenters. The van der Waals surface area contributed by atoms with Crippen molar-refractivity contribution in [3.05, 3.63) is 60.7 Å². The van der Waals surface area contributed by atoms with E-state index in [-0.39, 0.29) is 0 Å². The van der Waals surface area contributed by atoms with Crippen LogP contribution in [-0.2, 0) is 0 Å². The lowest BCUT2D eigenvalue weighted by atomic mass is 10.2. The van der Waals surface area contributed by atoms with Gasteiger partial charge in [-0.15, -0.1) is 0 Å². The lowest BCUT2D eigenvalue weighted by Gasteiger charge is -2.17. The smallest absolute Gasteiger partial charge is 0.172 e. The quantitative estimate of drug-likeness (QED) is 0.712. The second-order valence-electron chi connectivity index (χ2n) is 4.81. The molecule has 0 saturated carbocycles. The number of ether oxygens (including phenoxy) is 1. The topological polar surface area (TPSA) is 25.4 Å². The van der Waals surface area contributed by atoms with Crippen molar-refractivity contribution in [3.63, 3.8) is 0 Å². The van der Waals surface area contributed by atoms with Gasteiger partial charge in [0, 0.05) is 19.5 Å². The first kappa shape index (κ1) is 12.5. The summed E-state index contributed by atoms with van der Waals surface area (Å²) in [5.41, 5.74) is 0.969. The second kappa shape index (κ2) is 5.21. The number of benzene rings is 2. The lowest BCUT2D eigenvalue weighted by molar-refractivity contribution is 0.482. The molecule has 3 heteroatoms. The van der Waals surface area contributed by atoms with E-state index in [2.05, 4.69) is 4.98 Å². The Balaban J connectivity index is 2.10. The maximum absolute atomic E-state index is 5.97. The van der Waals surface area contributed by atoms with Crippen molar-refractivity contribution in [2.45, 2.75) is 0 Å². The Kier molecular flexibility index (Phi) is 3.25. The first-order valence-electron chi connectivity index (χ1n) is 6.54. The van der Waals surface area contributed by atoms with Gasteiger partial charge in [-0.2, -0.15) is 0 Å². The Labute approximate surface area is 118 Å². The van der Waals surface area contributed by atoms with Crippen molar-refractivity contribution in [2.75, 3.05) is 19.0 Å². The average molecular weight is 264 g/mol. The van der Waals surface area contributed by atoms with Crippen molar-refractivity contribution >= 4 is 16.7 Å². The summed E-state index contributed by atoms with van der Waals surface area (Å²) < 4.78 is 5.97. The van der Waals surface area contributed by atoms with E-state index in [0.717, 1.165) is 28.2 Å². The van der Waals surface area contributed by atoms with E-state index in [0.29, 0.717) is 0 Å². The fraction of sp³-hybridized carbons (Fsp3) is 0.118. The van der Waals surface area contributed by atoms with Crippen LogP contribution in [0.4, 0.5) is 5.82 Å². The third-order valence-electron chi connectivity index (χ3n) is 3.06. The zero-order valence-corrected chi connectivity index (χ0v) is 11.6. The molecule has 0 aliphatic rings. The predicted molar refractivity (Wildman–Crippen MR) is 82.6 cm³/mol. The van der Waals surface area contributed by atoms with Crippen molar-refractivity contribution in [1.82, 2.24) is 4.98 Å². The molecule has 100 valence electrons. The fourth-order valence-electron chi connectivity index (χ4n) is 2.10. The van der Waals surface area contributed by atoms with Gasteiger partial charge in [0.05, 0.1) is 5.52 Å². The summed E-state index contributed by atoms with van der Waals surface area (Å²) in [7, 11) is 3.93. The highest BCUT2D eigenvalue weighted by atomic mass is 16.5. The number of nitrogens with zero attached hydrogens (tertiary/aromatic N) is 2. The first-order valence-corrected chi connectivity index (χ1v) is 6.54. The molecule has 3 rings (SSSR count). The minimum atomic E-state index is 0.764. The van der Waals surface area contributed by atoms with Gasteiger partial charge in [0.1, 0.15) is 5.75 Å². The molecule has 20 heavy (non-hydrogen) atoms. The molecular weight excluding hydrogens is 248 g/mol. The minimum Gasteiger partial charge on any atom is -0.453 e. The Hall–Kier alpha value is -2.55. The van der Waals surface area contributed by atoms with Crippen LogP contribution in [0.3, 0.4) is 0 Å². The van der Waals surface area contributed by atoms with E-state index in [4.69, 9.17) is 4.74 Å². The van der Waals surface area contributed by atoms with E-state index in [1.54, 1.807) is 0 Å². The number of aromatic nitrogens is 1. The van der Waals surface area contributed by atoms with Crippen molar-refractivity contribution in [2.24, 2.45) is 0 Å². The van der Waals surface area contributed by atoms with E-state index in [1.165, 1.54) is 0 Å². The highest BCUT2D eigenvalue weighted by Gasteiger charge is 2.10. The van der Waals surface area contributed by atoms with E-state index in [1.807, 2.05) is 79.7 Å². The van der Waals surface area contributed by atoms with Crippen LogP contribution in [0, 0.1) is 0 Å². The zero-order valence-electron chi connectivity index (χ0n) is 11.6. The van der Waals surface area contributed by atoms with Crippen LogP contribution in [0.15, 0.2) is 60.7 Å². The van der Waals surface area contributed by atoms with E-state index >= 15 is 0 Å². The number of para-hydroxylation sites is 2. The third-order valence-corrected chi connectivity index (χ3v) is 3.06. The van der Waals surface area contributed by atoms with Gasteiger partial charge in [0.25, 0.3) is 0 Å². The number of anilines is 1. The molecule has 0 spiro atoms. The maximum Gasteiger partial charge on any atom is 0.172 e. The van der Waals surface area contributed by atoms with Crippen LogP contribution in [0.2, 0.25) is 0 Å². The van der Waals surface area contributed by atoms with Crippen molar-refractivity contribution in [3.8, 4) is 11.5 Å². The summed E-state index contributed by atoms with van der Waals surface area (Å²) in [6, 6.07) is 19.8. The van der Waals surface area contributed by atoms with Gasteiger partial charge < -0.3 is 9.64 Å². The molecule has 0 fully saturated rings. The third kappa shape index (κ3) is 2.43. The molecule has 0 saturated heterocycles. The predicted octanol–water partition coefficient (Wildman–Crippen LogP) is 4.09. The molecule has 0 radical (unpaired) electrons. The van der Waals surface area contributed by atoms with Gasteiger partial charge in [0.15, 0.2) is 11.6 Å². The molecule has 2 aromatic carbocycles. The standard InChI is InChI=1S/C17H16N2O/c1-19(2)17-16(20-14-9-4-3-5-10-14)12-13-8-6-7-11-15(13)18-17/h3-12H,1-2H3. The van der Waals surface area contributed by atoms with Crippen LogP contribution < -0.4 is 9.64 Å². The Morgan fingerprint density at radius 2 is 1.60 bits per heavy atom. The first-order chi connectivity index (χ1) is 9.74. The van der Waals surface area contributed by atoms with Crippen LogP contribution in [0.25, 0.3) is 10.9 Å². The van der Waals surface area contributed by atoms with E-state index in [9.17, 15) is 0 Å². The molecule has 3 nitrogen and oxygen atoms in total. The fourth-order valence-corrected chi connectivity index (χ4v) is 2.10. The van der Waals surface area contributed by atoms with Gasteiger partial charge >= 0.3 is 0 Å². The summed E-state index contributed by atoms with van der Waals surface area (Å²) in [4.78, 5) is 6.63. The Morgan fingerprint density at radius 3 is 2.35 bits per heavy atom. The molecule has 0 N–H and O–H groups in total. The Morgan fingerprint density at radius 1 is 0.900 bits per heavy atom. The normalized spacial score (nSPS) is 10.5. The zero-order chi connectivity index (χ0) is 13.9.